The molecular formula is C7H7ClN4O. The van der Waals surface area contributed by atoms with Crippen LogP contribution < -0.4 is 5.56 Å². The van der Waals surface area contributed by atoms with Crippen molar-refractivity contribution in [1.29, 1.82) is 0 Å². The van der Waals surface area contributed by atoms with E-state index in [1.807, 2.05) is 0 Å². The summed E-state index contributed by atoms with van der Waals surface area (Å²) in [6, 6.07) is 0. The van der Waals surface area contributed by atoms with E-state index in [2.05, 4.69) is 10.1 Å². The van der Waals surface area contributed by atoms with Crippen LogP contribution in [0.1, 0.15) is 0 Å². The highest BCUT2D eigenvalue weighted by Crippen LogP contribution is 2.08. The van der Waals surface area contributed by atoms with Gasteiger partial charge in [-0.1, -0.05) is 0 Å². The Morgan fingerprint density at radius 3 is 2.85 bits per heavy atom. The number of nitrogens with zero attached hydrogens (tertiary/aromatic N) is 4. The summed E-state index contributed by atoms with van der Waals surface area (Å²) in [5.41, 5.74) is 0.330. The van der Waals surface area contributed by atoms with Crippen LogP contribution in [0.3, 0.4) is 0 Å². The Morgan fingerprint density at radius 2 is 2.15 bits per heavy atom. The van der Waals surface area contributed by atoms with Crippen LogP contribution in [-0.4, -0.2) is 19.3 Å². The van der Waals surface area contributed by atoms with E-state index >= 15 is 0 Å². The maximum atomic E-state index is 11.5. The molecule has 0 aliphatic rings. The second-order valence-corrected chi connectivity index (χ2v) is 3.09. The second-order valence-electron chi connectivity index (χ2n) is 2.75. The van der Waals surface area contributed by atoms with Gasteiger partial charge in [0.05, 0.1) is 6.20 Å². The van der Waals surface area contributed by atoms with Crippen LogP contribution in [-0.2, 0) is 14.1 Å². The van der Waals surface area contributed by atoms with E-state index in [1.54, 1.807) is 14.1 Å². The maximum absolute atomic E-state index is 11.5. The zero-order chi connectivity index (χ0) is 9.59. The van der Waals surface area contributed by atoms with Gasteiger partial charge in [-0.2, -0.15) is 10.1 Å². The number of hydrogen-bond donors (Lipinski definition) is 0. The minimum absolute atomic E-state index is 0.168. The summed E-state index contributed by atoms with van der Waals surface area (Å²) in [5.74, 6) is 0. The molecule has 0 bridgehead atoms. The third-order valence-electron chi connectivity index (χ3n) is 1.92. The lowest BCUT2D eigenvalue weighted by Gasteiger charge is -1.99. The van der Waals surface area contributed by atoms with Crippen molar-refractivity contribution in [3.8, 4) is 0 Å². The van der Waals surface area contributed by atoms with E-state index in [4.69, 9.17) is 11.6 Å². The molecule has 2 heterocycles. The standard InChI is InChI=1S/C7H7ClN4O/c1-11-6(13)4-3-9-12(2)5(4)10-7(11)8/h3H,1-2H3. The Hall–Kier alpha value is -1.36. The smallest absolute Gasteiger partial charge is 0.265 e. The fourth-order valence-electron chi connectivity index (χ4n) is 1.14. The molecule has 0 radical (unpaired) electrons. The van der Waals surface area contributed by atoms with Crippen LogP contribution >= 0.6 is 11.6 Å². The lowest BCUT2D eigenvalue weighted by molar-refractivity contribution is 0.776. The van der Waals surface area contributed by atoms with Gasteiger partial charge in [0.1, 0.15) is 5.39 Å². The van der Waals surface area contributed by atoms with Crippen molar-refractivity contribution in [3.63, 3.8) is 0 Å². The van der Waals surface area contributed by atoms with E-state index in [0.29, 0.717) is 11.0 Å². The molecule has 0 fully saturated rings. The minimum atomic E-state index is -0.178. The largest absolute Gasteiger partial charge is 0.286 e. The highest BCUT2D eigenvalue weighted by atomic mass is 35.5. The SMILES string of the molecule is Cn1c(Cl)nc2c(cnn2C)c1=O. The van der Waals surface area contributed by atoms with Crippen LogP contribution in [0.5, 0.6) is 0 Å². The molecule has 0 aliphatic carbocycles. The first kappa shape index (κ1) is 8.25. The Morgan fingerprint density at radius 1 is 1.46 bits per heavy atom. The number of halogens is 1. The highest BCUT2D eigenvalue weighted by Gasteiger charge is 2.09. The molecule has 13 heavy (non-hydrogen) atoms. The topological polar surface area (TPSA) is 52.7 Å². The molecule has 0 aromatic carbocycles. The second kappa shape index (κ2) is 2.56. The van der Waals surface area contributed by atoms with E-state index in [9.17, 15) is 4.79 Å². The molecule has 0 unspecified atom stereocenters. The first-order chi connectivity index (χ1) is 6.11. The molecular weight excluding hydrogens is 192 g/mol. The van der Waals surface area contributed by atoms with Gasteiger partial charge in [-0.05, 0) is 11.6 Å². The molecule has 0 N–H and O–H groups in total. The fourth-order valence-corrected chi connectivity index (χ4v) is 1.30. The fraction of sp³-hybridized carbons (Fsp3) is 0.286. The van der Waals surface area contributed by atoms with Crippen molar-refractivity contribution >= 4 is 22.6 Å². The summed E-state index contributed by atoms with van der Waals surface area (Å²) < 4.78 is 2.80. The third kappa shape index (κ3) is 1.04. The van der Waals surface area contributed by atoms with Crippen molar-refractivity contribution in [2.45, 2.75) is 0 Å². The summed E-state index contributed by atoms with van der Waals surface area (Å²) in [6.07, 6.45) is 1.49. The van der Waals surface area contributed by atoms with Gasteiger partial charge in [0.25, 0.3) is 5.56 Å². The van der Waals surface area contributed by atoms with Crippen LogP contribution in [0.15, 0.2) is 11.0 Å². The van der Waals surface area contributed by atoms with Crippen LogP contribution in [0, 0.1) is 0 Å². The van der Waals surface area contributed by atoms with Crippen molar-refractivity contribution < 1.29 is 0 Å². The Bertz CT molecular complexity index is 527. The van der Waals surface area contributed by atoms with Gasteiger partial charge >= 0.3 is 0 Å². The normalized spacial score (nSPS) is 11.0. The Balaban J connectivity index is 3.05. The molecule has 0 aliphatic heterocycles. The lowest BCUT2D eigenvalue weighted by Crippen LogP contribution is -2.18. The monoisotopic (exact) mass is 198 g/mol. The van der Waals surface area contributed by atoms with Crippen LogP contribution in [0.25, 0.3) is 11.0 Å². The predicted octanol–water partition coefficient (Wildman–Crippen LogP) is 0.320. The van der Waals surface area contributed by atoms with Gasteiger partial charge in [0.2, 0.25) is 5.28 Å². The van der Waals surface area contributed by atoms with Gasteiger partial charge in [0.15, 0.2) is 5.65 Å². The van der Waals surface area contributed by atoms with E-state index in [-0.39, 0.29) is 10.8 Å². The average molecular weight is 199 g/mol. The third-order valence-corrected chi connectivity index (χ3v) is 2.26. The maximum Gasteiger partial charge on any atom is 0.265 e. The molecule has 5 nitrogen and oxygen atoms in total. The van der Waals surface area contributed by atoms with Crippen molar-refractivity contribution in [1.82, 2.24) is 19.3 Å². The Labute approximate surface area is 78.6 Å². The summed E-state index contributed by atoms with van der Waals surface area (Å²) in [6.45, 7) is 0. The van der Waals surface area contributed by atoms with Gasteiger partial charge < -0.3 is 0 Å². The van der Waals surface area contributed by atoms with Crippen LogP contribution in [0.2, 0.25) is 5.28 Å². The molecule has 2 rings (SSSR count). The van der Waals surface area contributed by atoms with Gasteiger partial charge in [-0.3, -0.25) is 14.0 Å². The van der Waals surface area contributed by atoms with Gasteiger partial charge in [-0.25, -0.2) is 0 Å². The van der Waals surface area contributed by atoms with Crippen molar-refractivity contribution in [2.24, 2.45) is 14.1 Å². The highest BCUT2D eigenvalue weighted by molar-refractivity contribution is 6.28. The summed E-state index contributed by atoms with van der Waals surface area (Å²) >= 11 is 5.73. The van der Waals surface area contributed by atoms with E-state index < -0.39 is 0 Å². The predicted molar refractivity (Wildman–Crippen MR) is 48.8 cm³/mol. The quantitative estimate of drug-likeness (QED) is 0.573. The first-order valence-electron chi connectivity index (χ1n) is 3.65. The Kier molecular flexibility index (Phi) is 1.63. The van der Waals surface area contributed by atoms with Crippen LogP contribution in [0.4, 0.5) is 0 Å². The summed E-state index contributed by atoms with van der Waals surface area (Å²) in [5, 5.41) is 4.57. The zero-order valence-electron chi connectivity index (χ0n) is 7.15. The van der Waals surface area contributed by atoms with E-state index in [1.165, 1.54) is 15.4 Å². The minimum Gasteiger partial charge on any atom is -0.286 e. The lowest BCUT2D eigenvalue weighted by atomic mass is 10.4. The molecule has 2 aromatic rings. The summed E-state index contributed by atoms with van der Waals surface area (Å²) in [4.78, 5) is 15.6. The number of aromatic nitrogens is 4. The number of aryl methyl sites for hydroxylation is 1. The molecule has 0 spiro atoms. The summed E-state index contributed by atoms with van der Waals surface area (Å²) in [7, 11) is 3.29. The van der Waals surface area contributed by atoms with E-state index in [0.717, 1.165) is 0 Å². The molecule has 6 heteroatoms. The average Bonchev–Trinajstić information content (AvgIpc) is 2.45. The van der Waals surface area contributed by atoms with Crippen molar-refractivity contribution in [2.75, 3.05) is 0 Å². The van der Waals surface area contributed by atoms with Crippen molar-refractivity contribution in [3.05, 3.63) is 21.8 Å². The zero-order valence-corrected chi connectivity index (χ0v) is 7.91. The molecule has 0 saturated carbocycles. The first-order valence-corrected chi connectivity index (χ1v) is 4.03. The molecule has 0 atom stereocenters. The molecule has 0 saturated heterocycles. The number of fused-ring (bicyclic) bond motifs is 1. The van der Waals surface area contributed by atoms with Gasteiger partial charge in [0, 0.05) is 14.1 Å². The molecule has 0 amide bonds. The number of hydrogen-bond acceptors (Lipinski definition) is 3. The van der Waals surface area contributed by atoms with Gasteiger partial charge in [-0.15, -0.1) is 0 Å². The molecule has 68 valence electrons. The number of rotatable bonds is 0. The molecule has 2 aromatic heterocycles.